The lowest BCUT2D eigenvalue weighted by Gasteiger charge is -2.13. The molecule has 4 nitrogen and oxygen atoms in total. The van der Waals surface area contributed by atoms with Crippen LogP contribution in [0.1, 0.15) is 36.8 Å². The fraction of sp³-hybridized carbons (Fsp3) is 0.588. The third-order valence-electron chi connectivity index (χ3n) is 4.03. The maximum Gasteiger partial charge on any atom is 0.232 e. The molecule has 2 rings (SSSR count). The highest BCUT2D eigenvalue weighted by atomic mass is 32.2. The van der Waals surface area contributed by atoms with Crippen molar-refractivity contribution in [3.05, 3.63) is 29.3 Å². The van der Waals surface area contributed by atoms with E-state index in [2.05, 4.69) is 5.32 Å². The number of benzene rings is 1. The van der Waals surface area contributed by atoms with E-state index < -0.39 is 10.8 Å². The predicted molar refractivity (Wildman–Crippen MR) is 89.7 cm³/mol. The van der Waals surface area contributed by atoms with Crippen LogP contribution in [0.4, 0.5) is 0 Å². The van der Waals surface area contributed by atoms with Gasteiger partial charge < -0.3 is 10.1 Å². The average Bonchev–Trinajstić information content (AvgIpc) is 3.00. The molecule has 0 heterocycles. The van der Waals surface area contributed by atoms with Gasteiger partial charge >= 0.3 is 0 Å². The molecule has 0 aromatic heterocycles. The van der Waals surface area contributed by atoms with Crippen LogP contribution < -0.4 is 10.1 Å². The van der Waals surface area contributed by atoms with Crippen molar-refractivity contribution >= 4 is 16.7 Å². The Kier molecular flexibility index (Phi) is 6.43. The van der Waals surface area contributed by atoms with E-state index in [-0.39, 0.29) is 16.9 Å². The molecule has 1 aromatic carbocycles. The van der Waals surface area contributed by atoms with E-state index in [1.54, 1.807) is 0 Å². The van der Waals surface area contributed by atoms with Gasteiger partial charge in [0, 0.05) is 16.0 Å². The standard InChI is InChI=1S/C17H25NO3S/c1-13-6-5-7-14(2)17(13)21-11-10-18-16(19)12-22(20)15-8-3-4-9-15/h5-7,15H,3-4,8-12H2,1-2H3,(H,18,19)/t22-/m0/s1. The van der Waals surface area contributed by atoms with Gasteiger partial charge in [0.25, 0.3) is 0 Å². The molecular formula is C17H25NO3S. The van der Waals surface area contributed by atoms with Gasteiger partial charge in [-0.25, -0.2) is 0 Å². The van der Waals surface area contributed by atoms with Crippen LogP contribution in [0.2, 0.25) is 0 Å². The van der Waals surface area contributed by atoms with Crippen molar-refractivity contribution in [3.63, 3.8) is 0 Å². The first kappa shape index (κ1) is 17.0. The van der Waals surface area contributed by atoms with Gasteiger partial charge in [-0.2, -0.15) is 0 Å². The number of hydrogen-bond donors (Lipinski definition) is 1. The summed E-state index contributed by atoms with van der Waals surface area (Å²) in [4.78, 5) is 11.8. The van der Waals surface area contributed by atoms with Crippen molar-refractivity contribution in [2.24, 2.45) is 0 Å². The minimum atomic E-state index is -1.03. The van der Waals surface area contributed by atoms with Gasteiger partial charge in [-0.1, -0.05) is 31.0 Å². The molecule has 0 radical (unpaired) electrons. The molecular weight excluding hydrogens is 298 g/mol. The normalized spacial score (nSPS) is 16.5. The molecule has 1 fully saturated rings. The molecule has 0 saturated heterocycles. The first-order chi connectivity index (χ1) is 10.6. The Bertz CT molecular complexity index is 518. The zero-order chi connectivity index (χ0) is 15.9. The van der Waals surface area contributed by atoms with E-state index in [4.69, 9.17) is 4.74 Å². The van der Waals surface area contributed by atoms with Crippen molar-refractivity contribution < 1.29 is 13.7 Å². The smallest absolute Gasteiger partial charge is 0.232 e. The molecule has 1 atom stereocenters. The van der Waals surface area contributed by atoms with Gasteiger partial charge in [-0.3, -0.25) is 9.00 Å². The maximum atomic E-state index is 12.0. The molecule has 0 aliphatic heterocycles. The van der Waals surface area contributed by atoms with Crippen molar-refractivity contribution in [1.82, 2.24) is 5.32 Å². The lowest BCUT2D eigenvalue weighted by atomic mass is 10.1. The second-order valence-corrected chi connectivity index (χ2v) is 7.57. The molecule has 1 aliphatic carbocycles. The van der Waals surface area contributed by atoms with E-state index in [0.29, 0.717) is 13.2 Å². The first-order valence-electron chi connectivity index (χ1n) is 7.91. The van der Waals surface area contributed by atoms with Crippen LogP contribution in [0.15, 0.2) is 18.2 Å². The van der Waals surface area contributed by atoms with Gasteiger partial charge in [0.2, 0.25) is 5.91 Å². The number of carbonyl (C=O) groups is 1. The Morgan fingerprint density at radius 2 is 1.91 bits per heavy atom. The summed E-state index contributed by atoms with van der Waals surface area (Å²) < 4.78 is 17.8. The summed E-state index contributed by atoms with van der Waals surface area (Å²) in [7, 11) is -1.03. The van der Waals surface area contributed by atoms with Crippen molar-refractivity contribution in [3.8, 4) is 5.75 Å². The van der Waals surface area contributed by atoms with E-state index in [1.807, 2.05) is 32.0 Å². The lowest BCUT2D eigenvalue weighted by molar-refractivity contribution is -0.118. The summed E-state index contributed by atoms with van der Waals surface area (Å²) >= 11 is 0. The Labute approximate surface area is 135 Å². The summed E-state index contributed by atoms with van der Waals surface area (Å²) in [6.45, 7) is 4.87. The topological polar surface area (TPSA) is 55.4 Å². The van der Waals surface area contributed by atoms with Crippen LogP contribution in [-0.2, 0) is 15.6 Å². The van der Waals surface area contributed by atoms with Gasteiger partial charge in [0.1, 0.15) is 18.1 Å². The largest absolute Gasteiger partial charge is 0.491 e. The molecule has 1 aliphatic rings. The second kappa shape index (κ2) is 8.32. The number of aryl methyl sites for hydroxylation is 2. The summed E-state index contributed by atoms with van der Waals surface area (Å²) in [6.07, 6.45) is 4.27. The molecule has 1 amide bonds. The van der Waals surface area contributed by atoms with Crippen LogP contribution in [-0.4, -0.2) is 34.3 Å². The number of para-hydroxylation sites is 1. The molecule has 0 bridgehead atoms. The summed E-state index contributed by atoms with van der Waals surface area (Å²) in [5.41, 5.74) is 2.18. The molecule has 5 heteroatoms. The molecule has 1 aromatic rings. The van der Waals surface area contributed by atoms with Crippen molar-refractivity contribution in [2.45, 2.75) is 44.8 Å². The van der Waals surface area contributed by atoms with Gasteiger partial charge in [-0.05, 0) is 37.8 Å². The predicted octanol–water partition coefficient (Wildman–Crippen LogP) is 2.49. The highest BCUT2D eigenvalue weighted by Crippen LogP contribution is 2.23. The monoisotopic (exact) mass is 323 g/mol. The van der Waals surface area contributed by atoms with Crippen LogP contribution in [0.5, 0.6) is 5.75 Å². The number of nitrogens with one attached hydrogen (secondary N) is 1. The zero-order valence-corrected chi connectivity index (χ0v) is 14.2. The van der Waals surface area contributed by atoms with Crippen LogP contribution in [0.3, 0.4) is 0 Å². The minimum Gasteiger partial charge on any atom is -0.491 e. The molecule has 1 saturated carbocycles. The first-order valence-corrected chi connectivity index (χ1v) is 9.29. The van der Waals surface area contributed by atoms with Crippen LogP contribution in [0, 0.1) is 13.8 Å². The fourth-order valence-corrected chi connectivity index (χ4v) is 4.28. The molecule has 0 unspecified atom stereocenters. The summed E-state index contributed by atoms with van der Waals surface area (Å²) in [6, 6.07) is 6.01. The van der Waals surface area contributed by atoms with Gasteiger partial charge in [0.15, 0.2) is 0 Å². The fourth-order valence-electron chi connectivity index (χ4n) is 2.82. The highest BCUT2D eigenvalue weighted by molar-refractivity contribution is 7.86. The maximum absolute atomic E-state index is 12.0. The minimum absolute atomic E-state index is 0.119. The van der Waals surface area contributed by atoms with Gasteiger partial charge in [0.05, 0.1) is 6.54 Å². The Balaban J connectivity index is 1.68. The molecule has 0 spiro atoms. The third kappa shape index (κ3) is 4.83. The van der Waals surface area contributed by atoms with Crippen LogP contribution in [0.25, 0.3) is 0 Å². The van der Waals surface area contributed by atoms with E-state index in [9.17, 15) is 9.00 Å². The van der Waals surface area contributed by atoms with E-state index >= 15 is 0 Å². The lowest BCUT2D eigenvalue weighted by Crippen LogP contribution is -2.33. The van der Waals surface area contributed by atoms with Crippen molar-refractivity contribution in [1.29, 1.82) is 0 Å². The summed E-state index contributed by atoms with van der Waals surface area (Å²) in [5.74, 6) is 0.857. The zero-order valence-electron chi connectivity index (χ0n) is 13.4. The number of hydrogen-bond acceptors (Lipinski definition) is 3. The summed E-state index contributed by atoms with van der Waals surface area (Å²) in [5, 5.41) is 3.01. The Morgan fingerprint density at radius 1 is 1.27 bits per heavy atom. The quantitative estimate of drug-likeness (QED) is 0.784. The molecule has 122 valence electrons. The average molecular weight is 323 g/mol. The number of ether oxygens (including phenoxy) is 1. The van der Waals surface area contributed by atoms with E-state index in [0.717, 1.165) is 42.6 Å². The van der Waals surface area contributed by atoms with Crippen molar-refractivity contribution in [2.75, 3.05) is 18.9 Å². The second-order valence-electron chi connectivity index (χ2n) is 5.85. The van der Waals surface area contributed by atoms with E-state index in [1.165, 1.54) is 0 Å². The Morgan fingerprint density at radius 3 is 2.55 bits per heavy atom. The molecule has 22 heavy (non-hydrogen) atoms. The number of carbonyl (C=O) groups excluding carboxylic acids is 1. The molecule has 1 N–H and O–H groups in total. The Hall–Kier alpha value is -1.36. The van der Waals surface area contributed by atoms with Crippen LogP contribution >= 0.6 is 0 Å². The third-order valence-corrected chi connectivity index (χ3v) is 5.79. The highest BCUT2D eigenvalue weighted by Gasteiger charge is 2.22. The SMILES string of the molecule is Cc1cccc(C)c1OCCNC(=O)C[S@](=O)C1CCCC1. The number of rotatable bonds is 7. The number of amides is 1. The van der Waals surface area contributed by atoms with Gasteiger partial charge in [-0.15, -0.1) is 0 Å².